The lowest BCUT2D eigenvalue weighted by molar-refractivity contribution is -0.128. The summed E-state index contributed by atoms with van der Waals surface area (Å²) in [6.07, 6.45) is 5.05. The van der Waals surface area contributed by atoms with Crippen LogP contribution in [0.2, 0.25) is 5.02 Å². The molecule has 0 bridgehead atoms. The van der Waals surface area contributed by atoms with Gasteiger partial charge in [-0.05, 0) is 42.8 Å². The number of nitriles is 1. The molecule has 1 amide bonds. The van der Waals surface area contributed by atoms with Crippen LogP contribution in [-0.4, -0.2) is 41.5 Å². The fraction of sp³-hybridized carbons (Fsp3) is 0.250. The second-order valence-electron chi connectivity index (χ2n) is 6.20. The number of benzene rings is 1. The molecule has 0 aliphatic carbocycles. The van der Waals surface area contributed by atoms with Gasteiger partial charge in [0.05, 0.1) is 5.56 Å². The summed E-state index contributed by atoms with van der Waals surface area (Å²) >= 11 is 5.97. The molecule has 1 saturated heterocycles. The lowest BCUT2D eigenvalue weighted by Gasteiger charge is -2.40. The van der Waals surface area contributed by atoms with Gasteiger partial charge in [-0.25, -0.2) is 4.98 Å². The van der Waals surface area contributed by atoms with Crippen LogP contribution in [0.1, 0.15) is 18.1 Å². The van der Waals surface area contributed by atoms with Crippen molar-refractivity contribution in [1.29, 1.82) is 5.26 Å². The minimum Gasteiger partial charge on any atom is -0.352 e. The highest BCUT2D eigenvalue weighted by Crippen LogP contribution is 2.21. The van der Waals surface area contributed by atoms with E-state index < -0.39 is 0 Å². The van der Waals surface area contributed by atoms with Crippen molar-refractivity contribution in [2.24, 2.45) is 0 Å². The number of amides is 1. The van der Waals surface area contributed by atoms with Gasteiger partial charge in [0.1, 0.15) is 11.9 Å². The van der Waals surface area contributed by atoms with Crippen LogP contribution in [0.3, 0.4) is 0 Å². The topological polar surface area (TPSA) is 60.2 Å². The summed E-state index contributed by atoms with van der Waals surface area (Å²) in [5.41, 5.74) is 1.45. The van der Waals surface area contributed by atoms with Crippen molar-refractivity contribution in [2.75, 3.05) is 24.5 Å². The molecule has 1 atom stereocenters. The third-order valence-electron chi connectivity index (χ3n) is 4.38. The zero-order valence-electron chi connectivity index (χ0n) is 14.5. The van der Waals surface area contributed by atoms with Crippen molar-refractivity contribution < 1.29 is 4.79 Å². The largest absolute Gasteiger partial charge is 0.352 e. The summed E-state index contributed by atoms with van der Waals surface area (Å²) in [7, 11) is 0. The SMILES string of the molecule is C[C@@H]1CN(c2ncccc2C#N)CCN1C(=O)/C=C/c1cccc(Cl)c1. The second-order valence-corrected chi connectivity index (χ2v) is 6.64. The molecule has 5 nitrogen and oxygen atoms in total. The lowest BCUT2D eigenvalue weighted by Crippen LogP contribution is -2.54. The highest BCUT2D eigenvalue weighted by Gasteiger charge is 2.27. The average Bonchev–Trinajstić information content (AvgIpc) is 2.66. The predicted octanol–water partition coefficient (Wildman–Crippen LogP) is 3.36. The van der Waals surface area contributed by atoms with Crippen LogP contribution in [0.25, 0.3) is 6.08 Å². The summed E-state index contributed by atoms with van der Waals surface area (Å²) < 4.78 is 0. The molecular formula is C20H19ClN4O. The average molecular weight is 367 g/mol. The predicted molar refractivity (Wildman–Crippen MR) is 103 cm³/mol. The van der Waals surface area contributed by atoms with Gasteiger partial charge < -0.3 is 9.80 Å². The molecule has 0 N–H and O–H groups in total. The van der Waals surface area contributed by atoms with Crippen molar-refractivity contribution in [3.05, 3.63) is 64.8 Å². The van der Waals surface area contributed by atoms with E-state index in [0.29, 0.717) is 36.0 Å². The Morgan fingerprint density at radius 3 is 2.92 bits per heavy atom. The highest BCUT2D eigenvalue weighted by molar-refractivity contribution is 6.30. The molecule has 2 aromatic rings. The Hall–Kier alpha value is -2.84. The van der Waals surface area contributed by atoms with Crippen LogP contribution >= 0.6 is 11.6 Å². The van der Waals surface area contributed by atoms with Crippen molar-refractivity contribution in [3.63, 3.8) is 0 Å². The van der Waals surface area contributed by atoms with Crippen molar-refractivity contribution in [1.82, 2.24) is 9.88 Å². The zero-order chi connectivity index (χ0) is 18.5. The standard InChI is InChI=1S/C20H19ClN4O/c1-15-14-24(20-17(13-22)5-3-9-23-20)10-11-25(15)19(26)8-7-16-4-2-6-18(21)12-16/h2-9,12,15H,10-11,14H2,1H3/b8-7+/t15-/m1/s1. The molecule has 1 fully saturated rings. The number of carbonyl (C=O) groups excluding carboxylic acids is 1. The van der Waals surface area contributed by atoms with Crippen LogP contribution < -0.4 is 4.90 Å². The van der Waals surface area contributed by atoms with Crippen molar-refractivity contribution >= 4 is 29.4 Å². The maximum absolute atomic E-state index is 12.6. The Kier molecular flexibility index (Phi) is 5.55. The molecule has 2 heterocycles. The van der Waals surface area contributed by atoms with Crippen molar-refractivity contribution in [2.45, 2.75) is 13.0 Å². The zero-order valence-corrected chi connectivity index (χ0v) is 15.2. The first-order valence-electron chi connectivity index (χ1n) is 8.43. The van der Waals surface area contributed by atoms with E-state index in [1.807, 2.05) is 30.0 Å². The van der Waals surface area contributed by atoms with E-state index in [1.165, 1.54) is 0 Å². The van der Waals surface area contributed by atoms with E-state index in [9.17, 15) is 10.1 Å². The van der Waals surface area contributed by atoms with Gasteiger partial charge in [-0.3, -0.25) is 4.79 Å². The third-order valence-corrected chi connectivity index (χ3v) is 4.62. The Balaban J connectivity index is 1.67. The summed E-state index contributed by atoms with van der Waals surface area (Å²) in [5, 5.41) is 9.90. The van der Waals surface area contributed by atoms with Crippen molar-refractivity contribution in [3.8, 4) is 6.07 Å². The van der Waals surface area contributed by atoms with Crippen LogP contribution in [0, 0.1) is 11.3 Å². The van der Waals surface area contributed by atoms with Crippen LogP contribution in [0.4, 0.5) is 5.82 Å². The molecule has 26 heavy (non-hydrogen) atoms. The number of carbonyl (C=O) groups is 1. The number of rotatable bonds is 3. The van der Waals surface area contributed by atoms with Gasteiger partial charge in [0.15, 0.2) is 0 Å². The molecule has 0 radical (unpaired) electrons. The van der Waals surface area contributed by atoms with Gasteiger partial charge in [-0.1, -0.05) is 23.7 Å². The second kappa shape index (κ2) is 8.03. The van der Waals surface area contributed by atoms with Gasteiger partial charge in [0, 0.05) is 43.0 Å². The summed E-state index contributed by atoms with van der Waals surface area (Å²) in [5.74, 6) is 0.655. The molecule has 1 aliphatic rings. The minimum absolute atomic E-state index is 0.0220. The number of nitrogens with zero attached hydrogens (tertiary/aromatic N) is 4. The molecule has 6 heteroatoms. The first-order chi connectivity index (χ1) is 12.6. The summed E-state index contributed by atoms with van der Waals surface area (Å²) in [6.45, 7) is 3.88. The Morgan fingerprint density at radius 1 is 1.35 bits per heavy atom. The monoisotopic (exact) mass is 366 g/mol. The first-order valence-corrected chi connectivity index (χ1v) is 8.80. The van der Waals surface area contributed by atoms with Gasteiger partial charge in [-0.2, -0.15) is 5.26 Å². The number of hydrogen-bond donors (Lipinski definition) is 0. The smallest absolute Gasteiger partial charge is 0.246 e. The fourth-order valence-electron chi connectivity index (χ4n) is 3.09. The number of anilines is 1. The molecule has 1 aliphatic heterocycles. The minimum atomic E-state index is -0.0290. The lowest BCUT2D eigenvalue weighted by atomic mass is 10.1. The van der Waals surface area contributed by atoms with E-state index in [1.54, 1.807) is 36.5 Å². The maximum atomic E-state index is 12.6. The Morgan fingerprint density at radius 2 is 2.19 bits per heavy atom. The van der Waals surface area contributed by atoms with Crippen LogP contribution in [0.5, 0.6) is 0 Å². The third kappa shape index (κ3) is 4.04. The first kappa shape index (κ1) is 18.0. The molecule has 3 rings (SSSR count). The number of aromatic nitrogens is 1. The number of hydrogen-bond acceptors (Lipinski definition) is 4. The van der Waals surface area contributed by atoms with Gasteiger partial charge in [-0.15, -0.1) is 0 Å². The number of piperazine rings is 1. The molecular weight excluding hydrogens is 348 g/mol. The number of halogens is 1. The van der Waals surface area contributed by atoms with E-state index in [2.05, 4.69) is 16.0 Å². The quantitative estimate of drug-likeness (QED) is 0.781. The fourth-order valence-corrected chi connectivity index (χ4v) is 3.29. The molecule has 132 valence electrons. The molecule has 0 spiro atoms. The van der Waals surface area contributed by atoms with E-state index in [-0.39, 0.29) is 11.9 Å². The molecule has 1 aromatic carbocycles. The highest BCUT2D eigenvalue weighted by atomic mass is 35.5. The van der Waals surface area contributed by atoms with Gasteiger partial charge >= 0.3 is 0 Å². The Labute approximate surface area is 158 Å². The van der Waals surface area contributed by atoms with E-state index in [0.717, 1.165) is 5.56 Å². The van der Waals surface area contributed by atoms with E-state index in [4.69, 9.17) is 11.6 Å². The molecule has 0 saturated carbocycles. The van der Waals surface area contributed by atoms with E-state index >= 15 is 0 Å². The molecule has 0 unspecified atom stereocenters. The summed E-state index contributed by atoms with van der Waals surface area (Å²) in [6, 6.07) is 13.1. The van der Waals surface area contributed by atoms with Gasteiger partial charge in [0.2, 0.25) is 5.91 Å². The molecule has 1 aromatic heterocycles. The van der Waals surface area contributed by atoms with Gasteiger partial charge in [0.25, 0.3) is 0 Å². The maximum Gasteiger partial charge on any atom is 0.246 e. The van der Waals surface area contributed by atoms with Crippen LogP contribution in [0.15, 0.2) is 48.7 Å². The number of pyridine rings is 1. The van der Waals surface area contributed by atoms with Crippen LogP contribution in [-0.2, 0) is 4.79 Å². The Bertz CT molecular complexity index is 874. The normalized spacial score (nSPS) is 17.3. The summed E-state index contributed by atoms with van der Waals surface area (Å²) in [4.78, 5) is 20.8.